The van der Waals surface area contributed by atoms with Gasteiger partial charge in [0.25, 0.3) is 0 Å². The Bertz CT molecular complexity index is 642. The van der Waals surface area contributed by atoms with Gasteiger partial charge in [-0.3, -0.25) is 0 Å². The zero-order chi connectivity index (χ0) is 14.6. The van der Waals surface area contributed by atoms with E-state index < -0.39 is 10.0 Å². The van der Waals surface area contributed by atoms with Crippen LogP contribution in [0.3, 0.4) is 0 Å². The van der Waals surface area contributed by atoms with Crippen LogP contribution in [0.4, 0.5) is 0 Å². The minimum atomic E-state index is -3.38. The normalized spacial score (nSPS) is 36.7. The zero-order valence-electron chi connectivity index (χ0n) is 12.2. The van der Waals surface area contributed by atoms with Crippen molar-refractivity contribution in [2.75, 3.05) is 7.05 Å². The van der Waals surface area contributed by atoms with Gasteiger partial charge in [-0.2, -0.15) is 0 Å². The molecule has 0 aromatic heterocycles. The van der Waals surface area contributed by atoms with Crippen LogP contribution in [0.15, 0.2) is 29.2 Å². The summed E-state index contributed by atoms with van der Waals surface area (Å²) in [4.78, 5) is 0.396. The molecule has 2 bridgehead atoms. The summed E-state index contributed by atoms with van der Waals surface area (Å²) in [5.41, 5.74) is 0.997. The second-order valence-corrected chi connectivity index (χ2v) is 8.53. The molecule has 4 rings (SSSR count). The third-order valence-electron chi connectivity index (χ3n) is 5.62. The van der Waals surface area contributed by atoms with E-state index in [4.69, 9.17) is 0 Å². The van der Waals surface area contributed by atoms with Crippen LogP contribution in [0, 0.1) is 23.7 Å². The maximum atomic E-state index is 12.6. The van der Waals surface area contributed by atoms with Gasteiger partial charge in [0.15, 0.2) is 0 Å². The van der Waals surface area contributed by atoms with Crippen LogP contribution in [0.2, 0.25) is 0 Å². The molecule has 2 N–H and O–H groups in total. The number of rotatable bonds is 5. The number of hydrogen-bond acceptors (Lipinski definition) is 3. The second-order valence-electron chi connectivity index (χ2n) is 6.81. The van der Waals surface area contributed by atoms with Crippen molar-refractivity contribution in [2.45, 2.75) is 36.7 Å². The molecule has 21 heavy (non-hydrogen) atoms. The third-order valence-corrected chi connectivity index (χ3v) is 7.07. The molecule has 114 valence electrons. The summed E-state index contributed by atoms with van der Waals surface area (Å²) in [5.74, 6) is 2.81. The van der Waals surface area contributed by atoms with E-state index in [0.717, 1.165) is 17.4 Å². The summed E-state index contributed by atoms with van der Waals surface area (Å²) in [7, 11) is -1.52. The molecule has 4 atom stereocenters. The standard InChI is InChI=1S/C16H22N2O2S/c1-17-9-10-3-2-4-13(7-10)21(19,20)18-16-14-11-5-6-12(8-11)15(14)16/h2-4,7,11-12,14-18H,5-6,8-9H2,1H3. The third kappa shape index (κ3) is 2.22. The zero-order valence-corrected chi connectivity index (χ0v) is 13.1. The van der Waals surface area contributed by atoms with Crippen LogP contribution in [0.1, 0.15) is 24.8 Å². The van der Waals surface area contributed by atoms with E-state index in [1.807, 2.05) is 19.2 Å². The van der Waals surface area contributed by atoms with E-state index in [1.54, 1.807) is 12.1 Å². The fraction of sp³-hybridized carbons (Fsp3) is 0.625. The van der Waals surface area contributed by atoms with Crippen molar-refractivity contribution < 1.29 is 8.42 Å². The van der Waals surface area contributed by atoms with Gasteiger partial charge in [-0.15, -0.1) is 0 Å². The maximum Gasteiger partial charge on any atom is 0.240 e. The van der Waals surface area contributed by atoms with Crippen molar-refractivity contribution in [1.82, 2.24) is 10.0 Å². The van der Waals surface area contributed by atoms with Crippen molar-refractivity contribution in [3.63, 3.8) is 0 Å². The first-order valence-electron chi connectivity index (χ1n) is 7.86. The van der Waals surface area contributed by atoms with Gasteiger partial charge in [-0.1, -0.05) is 12.1 Å². The highest BCUT2D eigenvalue weighted by Crippen LogP contribution is 2.65. The lowest BCUT2D eigenvalue weighted by molar-refractivity contribution is 0.456. The second kappa shape index (κ2) is 4.80. The average Bonchev–Trinajstić information content (AvgIpc) is 2.85. The SMILES string of the molecule is CNCc1cccc(S(=O)(=O)NC2C3C4CCC(C4)C23)c1. The Morgan fingerprint density at radius 3 is 2.57 bits per heavy atom. The number of sulfonamides is 1. The fourth-order valence-corrected chi connectivity index (χ4v) is 6.13. The Morgan fingerprint density at radius 2 is 1.90 bits per heavy atom. The Kier molecular flexibility index (Phi) is 3.14. The molecule has 1 aromatic carbocycles. The first-order valence-corrected chi connectivity index (χ1v) is 9.34. The molecule has 5 heteroatoms. The molecule has 4 unspecified atom stereocenters. The molecule has 0 spiro atoms. The molecular weight excluding hydrogens is 284 g/mol. The van der Waals surface area contributed by atoms with Gasteiger partial charge in [0.1, 0.15) is 0 Å². The molecule has 0 heterocycles. The van der Waals surface area contributed by atoms with Crippen LogP contribution in [-0.2, 0) is 16.6 Å². The first-order chi connectivity index (χ1) is 10.1. The highest BCUT2D eigenvalue weighted by molar-refractivity contribution is 7.89. The summed E-state index contributed by atoms with van der Waals surface area (Å²) in [6, 6.07) is 7.43. The topological polar surface area (TPSA) is 58.2 Å². The van der Waals surface area contributed by atoms with Crippen LogP contribution < -0.4 is 10.0 Å². The predicted octanol–water partition coefficient (Wildman–Crippen LogP) is 1.73. The van der Waals surface area contributed by atoms with Gasteiger partial charge < -0.3 is 5.32 Å². The molecule has 3 saturated carbocycles. The monoisotopic (exact) mass is 306 g/mol. The fourth-order valence-electron chi connectivity index (χ4n) is 4.76. The largest absolute Gasteiger partial charge is 0.316 e. The van der Waals surface area contributed by atoms with Gasteiger partial charge >= 0.3 is 0 Å². The van der Waals surface area contributed by atoms with Crippen molar-refractivity contribution in [3.8, 4) is 0 Å². The smallest absolute Gasteiger partial charge is 0.240 e. The van der Waals surface area contributed by atoms with E-state index in [9.17, 15) is 8.42 Å². The minimum Gasteiger partial charge on any atom is -0.316 e. The number of hydrogen-bond donors (Lipinski definition) is 2. The number of nitrogens with one attached hydrogen (secondary N) is 2. The maximum absolute atomic E-state index is 12.6. The van der Waals surface area contributed by atoms with Gasteiger partial charge in [0.2, 0.25) is 10.0 Å². The molecule has 4 nitrogen and oxygen atoms in total. The molecule has 1 aromatic rings. The Morgan fingerprint density at radius 1 is 1.19 bits per heavy atom. The quantitative estimate of drug-likeness (QED) is 0.871. The van der Waals surface area contributed by atoms with Crippen molar-refractivity contribution in [1.29, 1.82) is 0 Å². The van der Waals surface area contributed by atoms with Crippen LogP contribution in [0.25, 0.3) is 0 Å². The average molecular weight is 306 g/mol. The van der Waals surface area contributed by atoms with Crippen LogP contribution in [-0.4, -0.2) is 21.5 Å². The highest BCUT2D eigenvalue weighted by Gasteiger charge is 2.65. The van der Waals surface area contributed by atoms with Crippen LogP contribution in [0.5, 0.6) is 0 Å². The minimum absolute atomic E-state index is 0.203. The van der Waals surface area contributed by atoms with E-state index in [0.29, 0.717) is 23.3 Å². The predicted molar refractivity (Wildman–Crippen MR) is 81.1 cm³/mol. The molecule has 0 amide bonds. The molecular formula is C16H22N2O2S. The van der Waals surface area contributed by atoms with Gasteiger partial charge in [0, 0.05) is 12.6 Å². The van der Waals surface area contributed by atoms with Crippen molar-refractivity contribution in [2.24, 2.45) is 23.7 Å². The summed E-state index contributed by atoms with van der Waals surface area (Å²) in [6.45, 7) is 0.683. The lowest BCUT2D eigenvalue weighted by atomic mass is 10.0. The molecule has 0 saturated heterocycles. The Hall–Kier alpha value is -0.910. The summed E-state index contributed by atoms with van der Waals surface area (Å²) >= 11 is 0. The number of fused-ring (bicyclic) bond motifs is 5. The lowest BCUT2D eigenvalue weighted by Crippen LogP contribution is -2.30. The van der Waals surface area contributed by atoms with Crippen molar-refractivity contribution in [3.05, 3.63) is 29.8 Å². The van der Waals surface area contributed by atoms with Gasteiger partial charge in [-0.05, 0) is 67.7 Å². The molecule has 0 radical (unpaired) electrons. The molecule has 0 aliphatic heterocycles. The van der Waals surface area contributed by atoms with Gasteiger partial charge in [-0.25, -0.2) is 13.1 Å². The molecule has 3 aliphatic carbocycles. The van der Waals surface area contributed by atoms with E-state index in [-0.39, 0.29) is 6.04 Å². The lowest BCUT2D eigenvalue weighted by Gasteiger charge is -2.12. The molecule has 3 aliphatic rings. The summed E-state index contributed by atoms with van der Waals surface area (Å²) in [6.07, 6.45) is 3.95. The summed E-state index contributed by atoms with van der Waals surface area (Å²) in [5, 5.41) is 3.05. The van der Waals surface area contributed by atoms with Crippen molar-refractivity contribution >= 4 is 10.0 Å². The van der Waals surface area contributed by atoms with E-state index in [1.165, 1.54) is 19.3 Å². The van der Waals surface area contributed by atoms with Gasteiger partial charge in [0.05, 0.1) is 4.90 Å². The van der Waals surface area contributed by atoms with Crippen LogP contribution >= 0.6 is 0 Å². The van der Waals surface area contributed by atoms with E-state index in [2.05, 4.69) is 10.0 Å². The summed E-state index contributed by atoms with van der Waals surface area (Å²) < 4.78 is 28.1. The molecule has 3 fully saturated rings. The van der Waals surface area contributed by atoms with E-state index >= 15 is 0 Å². The Labute approximate surface area is 126 Å². The number of benzene rings is 1. The first kappa shape index (κ1) is 13.7. The Balaban J connectivity index is 1.51. The highest BCUT2D eigenvalue weighted by atomic mass is 32.2.